The molecule has 30 heavy (non-hydrogen) atoms. The van der Waals surface area contributed by atoms with E-state index < -0.39 is 0 Å². The third kappa shape index (κ3) is 3.55. The summed E-state index contributed by atoms with van der Waals surface area (Å²) in [7, 11) is 0. The van der Waals surface area contributed by atoms with Crippen molar-refractivity contribution in [1.29, 1.82) is 0 Å². The van der Waals surface area contributed by atoms with Gasteiger partial charge < -0.3 is 20.1 Å². The Hall–Kier alpha value is -2.22. The van der Waals surface area contributed by atoms with Crippen LogP contribution in [0.1, 0.15) is 18.4 Å². The number of halogens is 1. The third-order valence-electron chi connectivity index (χ3n) is 6.76. The molecule has 2 fully saturated rings. The highest BCUT2D eigenvalue weighted by Gasteiger charge is 2.52. The van der Waals surface area contributed by atoms with Gasteiger partial charge in [0.15, 0.2) is 11.5 Å². The molecule has 0 amide bonds. The highest BCUT2D eigenvalue weighted by molar-refractivity contribution is 6.21. The molecule has 2 saturated carbocycles. The maximum Gasteiger partial charge on any atom is 0.165 e. The number of nitrogens with zero attached hydrogens (tertiary/aromatic N) is 4. The van der Waals surface area contributed by atoms with Crippen LogP contribution in [0, 0.1) is 17.8 Å². The van der Waals surface area contributed by atoms with E-state index in [-0.39, 0.29) is 30.0 Å². The Morgan fingerprint density at radius 2 is 1.97 bits per heavy atom. The number of aromatic nitrogens is 4. The first-order valence-electron chi connectivity index (χ1n) is 10.5. The van der Waals surface area contributed by atoms with Gasteiger partial charge in [0.05, 0.1) is 25.1 Å². The Balaban J connectivity index is 1.36. The number of alkyl halides is 1. The summed E-state index contributed by atoms with van der Waals surface area (Å²) in [4.78, 5) is 13.4. The summed E-state index contributed by atoms with van der Waals surface area (Å²) >= 11 is 6.50. The molecule has 158 valence electrons. The van der Waals surface area contributed by atoms with E-state index in [0.29, 0.717) is 29.6 Å². The molecule has 2 heterocycles. The van der Waals surface area contributed by atoms with Crippen LogP contribution in [-0.2, 0) is 13.0 Å². The summed E-state index contributed by atoms with van der Waals surface area (Å²) < 4.78 is 2.05. The Labute approximate surface area is 180 Å². The van der Waals surface area contributed by atoms with Gasteiger partial charge in [0.25, 0.3) is 0 Å². The fourth-order valence-corrected chi connectivity index (χ4v) is 5.78. The average molecular weight is 428 g/mol. The zero-order valence-electron chi connectivity index (χ0n) is 16.6. The molecule has 5 rings (SSSR count). The molecular weight excluding hydrogens is 402 g/mol. The van der Waals surface area contributed by atoms with Gasteiger partial charge in [0.2, 0.25) is 0 Å². The molecule has 2 aromatic heterocycles. The Morgan fingerprint density at radius 3 is 2.70 bits per heavy atom. The van der Waals surface area contributed by atoms with Crippen LogP contribution in [0.5, 0.6) is 0 Å². The maximum absolute atomic E-state index is 10.3. The van der Waals surface area contributed by atoms with E-state index >= 15 is 0 Å². The van der Waals surface area contributed by atoms with Crippen LogP contribution in [0.15, 0.2) is 43.0 Å². The summed E-state index contributed by atoms with van der Waals surface area (Å²) in [6.45, 7) is 0.734. The summed E-state index contributed by atoms with van der Waals surface area (Å²) in [6.07, 6.45) is 5.43. The van der Waals surface area contributed by atoms with Crippen LogP contribution in [-0.4, -0.2) is 53.9 Å². The molecule has 0 radical (unpaired) electrons. The molecule has 2 bridgehead atoms. The average Bonchev–Trinajstić information content (AvgIpc) is 3.40. The lowest BCUT2D eigenvalue weighted by Crippen LogP contribution is -2.27. The molecule has 8 heteroatoms. The van der Waals surface area contributed by atoms with E-state index in [1.54, 1.807) is 6.33 Å². The van der Waals surface area contributed by atoms with Crippen molar-refractivity contribution in [3.05, 3.63) is 48.5 Å². The first-order valence-corrected chi connectivity index (χ1v) is 11.0. The highest BCUT2D eigenvalue weighted by Crippen LogP contribution is 2.52. The van der Waals surface area contributed by atoms with Gasteiger partial charge in [-0.05, 0) is 42.6 Å². The van der Waals surface area contributed by atoms with Crippen molar-refractivity contribution >= 4 is 28.6 Å². The molecule has 1 unspecified atom stereocenters. The van der Waals surface area contributed by atoms with Crippen LogP contribution >= 0.6 is 11.6 Å². The molecule has 2 aliphatic rings. The smallest absolute Gasteiger partial charge is 0.165 e. The number of rotatable bonds is 7. The molecule has 0 saturated heterocycles. The minimum atomic E-state index is -0.250. The van der Waals surface area contributed by atoms with Crippen molar-refractivity contribution < 1.29 is 10.2 Å². The molecule has 6 atom stereocenters. The Morgan fingerprint density at radius 1 is 1.13 bits per heavy atom. The van der Waals surface area contributed by atoms with Crippen LogP contribution < -0.4 is 5.32 Å². The lowest BCUT2D eigenvalue weighted by molar-refractivity contribution is 0.106. The number of aliphatic hydroxyl groups is 2. The summed E-state index contributed by atoms with van der Waals surface area (Å²) in [6, 6.07) is 9.88. The van der Waals surface area contributed by atoms with Gasteiger partial charge in [-0.25, -0.2) is 15.0 Å². The predicted molar refractivity (Wildman–Crippen MR) is 115 cm³/mol. The predicted octanol–water partition coefficient (Wildman–Crippen LogP) is 2.47. The highest BCUT2D eigenvalue weighted by atomic mass is 35.5. The van der Waals surface area contributed by atoms with Crippen LogP contribution in [0.4, 0.5) is 5.82 Å². The molecule has 3 aromatic rings. The van der Waals surface area contributed by atoms with Crippen LogP contribution in [0.25, 0.3) is 11.2 Å². The molecule has 2 aliphatic carbocycles. The first kappa shape index (κ1) is 19.7. The minimum absolute atomic E-state index is 0.0124. The molecule has 0 aliphatic heterocycles. The van der Waals surface area contributed by atoms with Gasteiger partial charge in [-0.2, -0.15) is 0 Å². The van der Waals surface area contributed by atoms with E-state index in [4.69, 9.17) is 11.6 Å². The van der Waals surface area contributed by atoms with E-state index in [9.17, 15) is 10.2 Å². The van der Waals surface area contributed by atoms with Gasteiger partial charge in [0, 0.05) is 11.9 Å². The van der Waals surface area contributed by atoms with E-state index in [2.05, 4.69) is 20.3 Å². The van der Waals surface area contributed by atoms with Crippen molar-refractivity contribution in [1.82, 2.24) is 19.5 Å². The number of aliphatic hydroxyl groups excluding tert-OH is 2. The number of hydrogen-bond acceptors (Lipinski definition) is 6. The number of benzene rings is 1. The number of imidazole rings is 1. The van der Waals surface area contributed by atoms with Gasteiger partial charge >= 0.3 is 0 Å². The van der Waals surface area contributed by atoms with E-state index in [1.165, 1.54) is 6.33 Å². The monoisotopic (exact) mass is 427 g/mol. The fraction of sp³-hybridized carbons (Fsp3) is 0.500. The number of hydrogen-bond donors (Lipinski definition) is 3. The zero-order chi connectivity index (χ0) is 20.7. The van der Waals surface area contributed by atoms with Crippen LogP contribution in [0.3, 0.4) is 0 Å². The van der Waals surface area contributed by atoms with E-state index in [1.807, 2.05) is 34.9 Å². The summed E-state index contributed by atoms with van der Waals surface area (Å²) in [5.74, 6) is 1.56. The topological polar surface area (TPSA) is 96.1 Å². The third-order valence-corrected chi connectivity index (χ3v) is 7.27. The van der Waals surface area contributed by atoms with Gasteiger partial charge in [-0.3, -0.25) is 0 Å². The lowest BCUT2D eigenvalue weighted by Gasteiger charge is -2.19. The van der Waals surface area contributed by atoms with Crippen LogP contribution in [0.2, 0.25) is 0 Å². The number of anilines is 1. The van der Waals surface area contributed by atoms with Crippen molar-refractivity contribution in [2.75, 3.05) is 11.9 Å². The van der Waals surface area contributed by atoms with E-state index in [0.717, 1.165) is 30.6 Å². The first-order chi connectivity index (χ1) is 14.6. The second-order valence-electron chi connectivity index (χ2n) is 8.55. The zero-order valence-corrected chi connectivity index (χ0v) is 17.4. The largest absolute Gasteiger partial charge is 0.394 e. The maximum atomic E-state index is 10.3. The van der Waals surface area contributed by atoms with Crippen molar-refractivity contribution in [3.63, 3.8) is 0 Å². The molecular formula is C22H26ClN5O2. The van der Waals surface area contributed by atoms with Crippen molar-refractivity contribution in [2.45, 2.75) is 43.3 Å². The standard InChI is InChI=1S/C22H26ClN5O2/c23-18-7-16-17(15(18)8-19(16)30)9-28-12-26-20-21(24-11-25-22(20)28)27-14(10-29)6-13-4-2-1-3-5-13/h1-5,11-12,14-19,29-30H,6-10H2,(H,24,25,27)/t14-,15+,16+,17+,18+,19?/m1/s1. The quantitative estimate of drug-likeness (QED) is 0.501. The fourth-order valence-electron chi connectivity index (χ4n) is 5.28. The van der Waals surface area contributed by atoms with Crippen molar-refractivity contribution in [2.24, 2.45) is 17.8 Å². The number of nitrogens with one attached hydrogen (secondary N) is 1. The van der Waals surface area contributed by atoms with Gasteiger partial charge in [0.1, 0.15) is 11.8 Å². The molecule has 1 aromatic carbocycles. The Bertz CT molecular complexity index is 997. The molecule has 7 nitrogen and oxygen atoms in total. The second kappa shape index (κ2) is 8.13. The number of fused-ring (bicyclic) bond motifs is 3. The summed E-state index contributed by atoms with van der Waals surface area (Å²) in [5.41, 5.74) is 2.60. The SMILES string of the molecule is OC[C@@H](Cc1ccccc1)Nc1ncnc2c1ncn2C[C@H]1[C@@H]2CC(O)[C@H]1C[C@@H]2Cl. The Kier molecular flexibility index (Phi) is 5.35. The van der Waals surface area contributed by atoms with Crippen molar-refractivity contribution in [3.8, 4) is 0 Å². The minimum Gasteiger partial charge on any atom is -0.394 e. The summed E-state index contributed by atoms with van der Waals surface area (Å²) in [5, 5.41) is 23.6. The lowest BCUT2D eigenvalue weighted by atomic mass is 9.97. The normalized spacial score (nSPS) is 28.8. The molecule has 3 N–H and O–H groups in total. The van der Waals surface area contributed by atoms with Gasteiger partial charge in [-0.1, -0.05) is 30.3 Å². The molecule has 0 spiro atoms. The van der Waals surface area contributed by atoms with Gasteiger partial charge in [-0.15, -0.1) is 11.6 Å². The second-order valence-corrected chi connectivity index (χ2v) is 9.11.